The van der Waals surface area contributed by atoms with Crippen LogP contribution in [0.3, 0.4) is 0 Å². The van der Waals surface area contributed by atoms with Crippen molar-refractivity contribution in [2.45, 2.75) is 5.92 Å². The van der Waals surface area contributed by atoms with Crippen LogP contribution in [0.4, 0.5) is 0 Å². The van der Waals surface area contributed by atoms with Crippen molar-refractivity contribution in [3.05, 3.63) is 103 Å². The van der Waals surface area contributed by atoms with Crippen molar-refractivity contribution in [3.63, 3.8) is 0 Å². The lowest BCUT2D eigenvalue weighted by Crippen LogP contribution is -2.05. The van der Waals surface area contributed by atoms with Crippen LogP contribution in [0, 0.1) is 0 Å². The third-order valence-corrected chi connectivity index (χ3v) is 6.50. The molecule has 0 aromatic heterocycles. The van der Waals surface area contributed by atoms with Gasteiger partial charge in [-0.05, 0) is 78.2 Å². The van der Waals surface area contributed by atoms with Gasteiger partial charge in [0.2, 0.25) is 0 Å². The van der Waals surface area contributed by atoms with Gasteiger partial charge in [0.25, 0.3) is 0 Å². The molecular formula is C27H19P. The Morgan fingerprint density at radius 2 is 1.11 bits per heavy atom. The normalized spacial score (nSPS) is 14.2. The molecule has 1 aliphatic carbocycles. The lowest BCUT2D eigenvalue weighted by molar-refractivity contribution is 1.14. The molecule has 5 aromatic carbocycles. The molecule has 0 nitrogen and oxygen atoms in total. The molecule has 1 aliphatic rings. The van der Waals surface area contributed by atoms with Crippen molar-refractivity contribution in [1.29, 1.82) is 0 Å². The van der Waals surface area contributed by atoms with Gasteiger partial charge in [-0.15, -0.1) is 9.24 Å². The molecule has 0 heterocycles. The summed E-state index contributed by atoms with van der Waals surface area (Å²) in [6.45, 7) is 0. The summed E-state index contributed by atoms with van der Waals surface area (Å²) in [6.07, 6.45) is 8.86. The monoisotopic (exact) mass is 374 g/mol. The molecule has 0 spiro atoms. The molecule has 1 atom stereocenters. The molecular weight excluding hydrogens is 355 g/mol. The van der Waals surface area contributed by atoms with E-state index in [4.69, 9.17) is 0 Å². The van der Waals surface area contributed by atoms with Crippen LogP contribution < -0.4 is 5.30 Å². The van der Waals surface area contributed by atoms with E-state index in [0.29, 0.717) is 5.92 Å². The Kier molecular flexibility index (Phi) is 3.45. The molecule has 1 heteroatoms. The van der Waals surface area contributed by atoms with Gasteiger partial charge in [-0.3, -0.25) is 0 Å². The summed E-state index contributed by atoms with van der Waals surface area (Å²) in [6, 6.07) is 27.0. The average molecular weight is 374 g/mol. The molecule has 1 unspecified atom stereocenters. The standard InChI is InChI=1S/C27H19P/c28-26-12-11-22-14-21-10-9-20-13-18-7-3-4-8-19(18)15-23(20)24(21)16-25(22)27(26)17-5-1-2-6-17/h1-17H,28H2. The number of hydrogen-bond acceptors (Lipinski definition) is 0. The Morgan fingerprint density at radius 3 is 1.86 bits per heavy atom. The molecule has 0 aliphatic heterocycles. The van der Waals surface area contributed by atoms with Crippen LogP contribution in [0.15, 0.2) is 97.1 Å². The van der Waals surface area contributed by atoms with Gasteiger partial charge in [0.05, 0.1) is 0 Å². The molecule has 0 amide bonds. The van der Waals surface area contributed by atoms with Gasteiger partial charge >= 0.3 is 0 Å². The molecule has 6 rings (SSSR count). The molecule has 132 valence electrons. The van der Waals surface area contributed by atoms with E-state index in [2.05, 4.69) is 106 Å². The first-order valence-electron chi connectivity index (χ1n) is 9.70. The largest absolute Gasteiger partial charge is 0.105 e. The summed E-state index contributed by atoms with van der Waals surface area (Å²) in [7, 11) is 2.93. The summed E-state index contributed by atoms with van der Waals surface area (Å²) in [5, 5.41) is 11.8. The van der Waals surface area contributed by atoms with Gasteiger partial charge in [-0.25, -0.2) is 0 Å². The molecule has 5 aromatic rings. The van der Waals surface area contributed by atoms with Crippen LogP contribution in [0.5, 0.6) is 0 Å². The van der Waals surface area contributed by atoms with Crippen molar-refractivity contribution in [3.8, 4) is 0 Å². The van der Waals surface area contributed by atoms with Crippen LogP contribution in [0.2, 0.25) is 0 Å². The maximum atomic E-state index is 2.93. The van der Waals surface area contributed by atoms with Gasteiger partial charge < -0.3 is 0 Å². The van der Waals surface area contributed by atoms with E-state index in [9.17, 15) is 0 Å². The van der Waals surface area contributed by atoms with Gasteiger partial charge in [-0.2, -0.15) is 0 Å². The highest BCUT2D eigenvalue weighted by atomic mass is 31.0. The second kappa shape index (κ2) is 6.03. The quantitative estimate of drug-likeness (QED) is 0.168. The van der Waals surface area contributed by atoms with Gasteiger partial charge in [0.1, 0.15) is 0 Å². The SMILES string of the molecule is Pc1ccc2cc3ccc4cc5ccccc5cc4c3cc2c1C1C=CC=C1. The minimum Gasteiger partial charge on any atom is -0.105 e. The third kappa shape index (κ3) is 2.35. The van der Waals surface area contributed by atoms with E-state index in [1.54, 1.807) is 0 Å². The highest BCUT2D eigenvalue weighted by Gasteiger charge is 2.15. The predicted molar refractivity (Wildman–Crippen MR) is 127 cm³/mol. The van der Waals surface area contributed by atoms with Gasteiger partial charge in [0.15, 0.2) is 0 Å². The summed E-state index contributed by atoms with van der Waals surface area (Å²) in [5.74, 6) is 0.351. The summed E-state index contributed by atoms with van der Waals surface area (Å²) in [5.41, 5.74) is 1.40. The Labute approximate surface area is 166 Å². The van der Waals surface area contributed by atoms with E-state index < -0.39 is 0 Å². The zero-order valence-corrected chi connectivity index (χ0v) is 16.5. The third-order valence-electron chi connectivity index (χ3n) is 6.00. The van der Waals surface area contributed by atoms with E-state index >= 15 is 0 Å². The van der Waals surface area contributed by atoms with Crippen LogP contribution in [0.25, 0.3) is 43.1 Å². The van der Waals surface area contributed by atoms with Crippen molar-refractivity contribution in [2.24, 2.45) is 0 Å². The van der Waals surface area contributed by atoms with Crippen LogP contribution >= 0.6 is 9.24 Å². The number of allylic oxidation sites excluding steroid dienone is 4. The Morgan fingerprint density at radius 1 is 0.536 bits per heavy atom. The average Bonchev–Trinajstić information content (AvgIpc) is 3.25. The van der Waals surface area contributed by atoms with E-state index in [-0.39, 0.29) is 0 Å². The fourth-order valence-electron chi connectivity index (χ4n) is 4.61. The Bertz CT molecular complexity index is 1460. The van der Waals surface area contributed by atoms with E-state index in [1.807, 2.05) is 0 Å². The second-order valence-corrected chi connectivity index (χ2v) is 8.27. The van der Waals surface area contributed by atoms with E-state index in [0.717, 1.165) is 0 Å². The first-order valence-corrected chi connectivity index (χ1v) is 10.3. The molecule has 0 saturated heterocycles. The highest BCUT2D eigenvalue weighted by Crippen LogP contribution is 2.36. The summed E-state index contributed by atoms with van der Waals surface area (Å²) < 4.78 is 0. The lowest BCUT2D eigenvalue weighted by atomic mass is 9.90. The fourth-order valence-corrected chi connectivity index (χ4v) is 5.05. The fraction of sp³-hybridized carbons (Fsp3) is 0.0370. The summed E-state index contributed by atoms with van der Waals surface area (Å²) in [4.78, 5) is 0. The molecule has 0 saturated carbocycles. The Balaban J connectivity index is 1.75. The summed E-state index contributed by atoms with van der Waals surface area (Å²) >= 11 is 0. The van der Waals surface area contributed by atoms with Crippen LogP contribution in [0.1, 0.15) is 11.5 Å². The maximum Gasteiger partial charge on any atom is 0.0217 e. The first-order chi connectivity index (χ1) is 13.8. The molecule has 0 bridgehead atoms. The molecule has 0 fully saturated rings. The maximum absolute atomic E-state index is 2.93. The molecule has 0 N–H and O–H groups in total. The number of benzene rings is 5. The minimum atomic E-state index is 0.351. The number of hydrogen-bond donors (Lipinski definition) is 0. The zero-order valence-electron chi connectivity index (χ0n) is 15.4. The Hall–Kier alpha value is -2.95. The van der Waals surface area contributed by atoms with Crippen molar-refractivity contribution < 1.29 is 0 Å². The zero-order chi connectivity index (χ0) is 18.7. The number of fused-ring (bicyclic) bond motifs is 5. The predicted octanol–water partition coefficient (Wildman–Crippen LogP) is 7.01. The topological polar surface area (TPSA) is 0 Å². The van der Waals surface area contributed by atoms with Crippen LogP contribution in [-0.2, 0) is 0 Å². The minimum absolute atomic E-state index is 0.351. The highest BCUT2D eigenvalue weighted by molar-refractivity contribution is 7.27. The van der Waals surface area contributed by atoms with Gasteiger partial charge in [-0.1, -0.05) is 72.8 Å². The van der Waals surface area contributed by atoms with Crippen molar-refractivity contribution in [1.82, 2.24) is 0 Å². The second-order valence-electron chi connectivity index (χ2n) is 7.64. The van der Waals surface area contributed by atoms with Crippen molar-refractivity contribution >= 4 is 57.6 Å². The molecule has 28 heavy (non-hydrogen) atoms. The lowest BCUT2D eigenvalue weighted by Gasteiger charge is -2.16. The first kappa shape index (κ1) is 16.0. The number of rotatable bonds is 1. The van der Waals surface area contributed by atoms with Crippen molar-refractivity contribution in [2.75, 3.05) is 0 Å². The van der Waals surface area contributed by atoms with Crippen LogP contribution in [-0.4, -0.2) is 0 Å². The molecule has 0 radical (unpaired) electrons. The van der Waals surface area contributed by atoms with Gasteiger partial charge in [0, 0.05) is 5.92 Å². The smallest absolute Gasteiger partial charge is 0.0217 e. The van der Waals surface area contributed by atoms with E-state index in [1.165, 1.54) is 54.0 Å².